The van der Waals surface area contributed by atoms with Gasteiger partial charge in [-0.25, -0.2) is 0 Å². The van der Waals surface area contributed by atoms with Crippen LogP contribution in [0.15, 0.2) is 16.8 Å². The van der Waals surface area contributed by atoms with Gasteiger partial charge in [-0.05, 0) is 34.7 Å². The first-order chi connectivity index (χ1) is 9.09. The Labute approximate surface area is 117 Å². The highest BCUT2D eigenvalue weighted by molar-refractivity contribution is 7.07. The Morgan fingerprint density at radius 1 is 1.58 bits per heavy atom. The van der Waals surface area contributed by atoms with Crippen LogP contribution in [-0.4, -0.2) is 35.8 Å². The van der Waals surface area contributed by atoms with Gasteiger partial charge in [0, 0.05) is 19.5 Å². The summed E-state index contributed by atoms with van der Waals surface area (Å²) < 4.78 is 0. The summed E-state index contributed by atoms with van der Waals surface area (Å²) >= 11 is 1.64. The molecule has 2 rings (SSSR count). The topological polar surface area (TPSA) is 49.4 Å². The van der Waals surface area contributed by atoms with Gasteiger partial charge in [-0.2, -0.15) is 11.3 Å². The number of nitrogens with zero attached hydrogens (tertiary/aromatic N) is 1. The van der Waals surface area contributed by atoms with Crippen LogP contribution < -0.4 is 5.32 Å². The summed E-state index contributed by atoms with van der Waals surface area (Å²) in [7, 11) is 0. The van der Waals surface area contributed by atoms with Gasteiger partial charge in [-0.3, -0.25) is 9.59 Å². The van der Waals surface area contributed by atoms with E-state index in [1.807, 2.05) is 25.3 Å². The van der Waals surface area contributed by atoms with E-state index in [9.17, 15) is 9.59 Å². The SMILES string of the molecule is CC(C)C1C(=O)NCCN1C(=O)CCc1ccsc1. The fraction of sp³-hybridized carbons (Fsp3) is 0.571. The van der Waals surface area contributed by atoms with Gasteiger partial charge < -0.3 is 10.2 Å². The van der Waals surface area contributed by atoms with E-state index < -0.39 is 0 Å². The van der Waals surface area contributed by atoms with Crippen LogP contribution in [0, 0.1) is 5.92 Å². The smallest absolute Gasteiger partial charge is 0.243 e. The van der Waals surface area contributed by atoms with Crippen molar-refractivity contribution in [3.8, 4) is 0 Å². The Morgan fingerprint density at radius 3 is 3.00 bits per heavy atom. The minimum absolute atomic E-state index is 0.0230. The number of hydrogen-bond donors (Lipinski definition) is 1. The van der Waals surface area contributed by atoms with Crippen LogP contribution in [0.4, 0.5) is 0 Å². The summed E-state index contributed by atoms with van der Waals surface area (Å²) in [5.74, 6) is 0.204. The molecule has 2 heterocycles. The summed E-state index contributed by atoms with van der Waals surface area (Å²) in [5.41, 5.74) is 1.20. The van der Waals surface area contributed by atoms with Crippen molar-refractivity contribution in [2.45, 2.75) is 32.7 Å². The van der Waals surface area contributed by atoms with E-state index in [2.05, 4.69) is 10.7 Å². The molecule has 0 aromatic carbocycles. The molecule has 1 aromatic rings. The molecule has 1 atom stereocenters. The lowest BCUT2D eigenvalue weighted by molar-refractivity contribution is -0.145. The molecular weight excluding hydrogens is 260 g/mol. The van der Waals surface area contributed by atoms with Gasteiger partial charge in [0.05, 0.1) is 0 Å². The van der Waals surface area contributed by atoms with Crippen molar-refractivity contribution < 1.29 is 9.59 Å². The summed E-state index contributed by atoms with van der Waals surface area (Å²) in [6.45, 7) is 5.15. The zero-order chi connectivity index (χ0) is 13.8. The molecule has 1 saturated heterocycles. The van der Waals surface area contributed by atoms with Crippen LogP contribution in [0.3, 0.4) is 0 Å². The summed E-state index contributed by atoms with van der Waals surface area (Å²) in [6, 6.07) is 1.73. The molecule has 0 bridgehead atoms. The van der Waals surface area contributed by atoms with Gasteiger partial charge in [0.25, 0.3) is 0 Å². The second kappa shape index (κ2) is 6.19. The second-order valence-electron chi connectivity index (χ2n) is 5.20. The first kappa shape index (κ1) is 14.1. The number of aryl methyl sites for hydroxylation is 1. The number of carbonyl (C=O) groups is 2. The molecule has 4 nitrogen and oxygen atoms in total. The summed E-state index contributed by atoms with van der Waals surface area (Å²) in [4.78, 5) is 25.9. The Bertz CT molecular complexity index is 442. The highest BCUT2D eigenvalue weighted by Gasteiger charge is 2.34. The lowest BCUT2D eigenvalue weighted by Gasteiger charge is -2.37. The van der Waals surface area contributed by atoms with Crippen molar-refractivity contribution >= 4 is 23.2 Å². The third kappa shape index (κ3) is 3.35. The van der Waals surface area contributed by atoms with Crippen molar-refractivity contribution in [1.82, 2.24) is 10.2 Å². The third-order valence-corrected chi connectivity index (χ3v) is 4.15. The highest BCUT2D eigenvalue weighted by atomic mass is 32.1. The summed E-state index contributed by atoms with van der Waals surface area (Å²) in [5, 5.41) is 6.92. The number of nitrogens with one attached hydrogen (secondary N) is 1. The fourth-order valence-corrected chi connectivity index (χ4v) is 3.16. The van der Waals surface area contributed by atoms with Crippen LogP contribution in [-0.2, 0) is 16.0 Å². The molecule has 2 amide bonds. The van der Waals surface area contributed by atoms with Crippen molar-refractivity contribution in [2.75, 3.05) is 13.1 Å². The maximum atomic E-state index is 12.3. The standard InChI is InChI=1S/C14H20N2O2S/c1-10(2)13-14(18)15-6-7-16(13)12(17)4-3-11-5-8-19-9-11/h5,8-10,13H,3-4,6-7H2,1-2H3,(H,15,18). The largest absolute Gasteiger partial charge is 0.353 e. The molecule has 0 aliphatic carbocycles. The molecule has 1 unspecified atom stereocenters. The number of amides is 2. The molecule has 0 radical (unpaired) electrons. The van der Waals surface area contributed by atoms with Crippen molar-refractivity contribution in [3.05, 3.63) is 22.4 Å². The van der Waals surface area contributed by atoms with Crippen LogP contribution in [0.1, 0.15) is 25.8 Å². The molecule has 1 N–H and O–H groups in total. The molecule has 1 aromatic heterocycles. The van der Waals surface area contributed by atoms with Gasteiger partial charge in [0.15, 0.2) is 0 Å². The minimum Gasteiger partial charge on any atom is -0.353 e. The lowest BCUT2D eigenvalue weighted by Crippen LogP contribution is -2.59. The average molecular weight is 280 g/mol. The van der Waals surface area contributed by atoms with Gasteiger partial charge in [-0.1, -0.05) is 13.8 Å². The van der Waals surface area contributed by atoms with E-state index >= 15 is 0 Å². The average Bonchev–Trinajstić information content (AvgIpc) is 2.88. The first-order valence-corrected chi connectivity index (χ1v) is 7.62. The van der Waals surface area contributed by atoms with E-state index in [1.54, 1.807) is 16.2 Å². The Kier molecular flexibility index (Phi) is 4.58. The second-order valence-corrected chi connectivity index (χ2v) is 5.98. The van der Waals surface area contributed by atoms with Crippen LogP contribution in [0.5, 0.6) is 0 Å². The van der Waals surface area contributed by atoms with Crippen LogP contribution in [0.25, 0.3) is 0 Å². The zero-order valence-electron chi connectivity index (χ0n) is 11.4. The van der Waals surface area contributed by atoms with Crippen LogP contribution in [0.2, 0.25) is 0 Å². The van der Waals surface area contributed by atoms with Crippen molar-refractivity contribution in [1.29, 1.82) is 0 Å². The third-order valence-electron chi connectivity index (χ3n) is 3.42. The number of hydrogen-bond acceptors (Lipinski definition) is 3. The van der Waals surface area contributed by atoms with Crippen molar-refractivity contribution in [3.63, 3.8) is 0 Å². The van der Waals surface area contributed by atoms with E-state index in [-0.39, 0.29) is 23.8 Å². The first-order valence-electron chi connectivity index (χ1n) is 6.68. The number of rotatable bonds is 4. The van der Waals surface area contributed by atoms with Crippen molar-refractivity contribution in [2.24, 2.45) is 5.92 Å². The molecule has 1 fully saturated rings. The lowest BCUT2D eigenvalue weighted by atomic mass is 9.99. The minimum atomic E-state index is -0.316. The highest BCUT2D eigenvalue weighted by Crippen LogP contribution is 2.17. The molecule has 5 heteroatoms. The molecule has 1 aliphatic heterocycles. The van der Waals surface area contributed by atoms with E-state index in [1.165, 1.54) is 5.56 Å². The molecule has 0 spiro atoms. The maximum absolute atomic E-state index is 12.3. The molecule has 1 aliphatic rings. The Hall–Kier alpha value is -1.36. The Morgan fingerprint density at radius 2 is 2.37 bits per heavy atom. The normalized spacial score (nSPS) is 19.6. The predicted octanol–water partition coefficient (Wildman–Crippen LogP) is 1.66. The zero-order valence-corrected chi connectivity index (χ0v) is 12.2. The molecular formula is C14H20N2O2S. The maximum Gasteiger partial charge on any atom is 0.243 e. The summed E-state index contributed by atoms with van der Waals surface area (Å²) in [6.07, 6.45) is 1.23. The van der Waals surface area contributed by atoms with Gasteiger partial charge in [-0.15, -0.1) is 0 Å². The van der Waals surface area contributed by atoms with Gasteiger partial charge >= 0.3 is 0 Å². The van der Waals surface area contributed by atoms with E-state index in [0.717, 1.165) is 6.42 Å². The Balaban J connectivity index is 1.97. The quantitative estimate of drug-likeness (QED) is 0.912. The molecule has 19 heavy (non-hydrogen) atoms. The van der Waals surface area contributed by atoms with Crippen LogP contribution >= 0.6 is 11.3 Å². The molecule has 104 valence electrons. The monoisotopic (exact) mass is 280 g/mol. The number of piperazine rings is 1. The van der Waals surface area contributed by atoms with E-state index in [0.29, 0.717) is 19.5 Å². The van der Waals surface area contributed by atoms with Gasteiger partial charge in [0.2, 0.25) is 11.8 Å². The number of carbonyl (C=O) groups excluding carboxylic acids is 2. The van der Waals surface area contributed by atoms with E-state index in [4.69, 9.17) is 0 Å². The molecule has 0 saturated carbocycles. The van der Waals surface area contributed by atoms with Gasteiger partial charge in [0.1, 0.15) is 6.04 Å². The number of thiophene rings is 1. The predicted molar refractivity (Wildman–Crippen MR) is 76.0 cm³/mol. The fourth-order valence-electron chi connectivity index (χ4n) is 2.46.